The molecular weight excluding hydrogens is 378 g/mol. The normalized spacial score (nSPS) is 11.9. The van der Waals surface area contributed by atoms with Gasteiger partial charge < -0.3 is 9.64 Å². The van der Waals surface area contributed by atoms with Gasteiger partial charge in [-0.3, -0.25) is 9.35 Å². The van der Waals surface area contributed by atoms with Gasteiger partial charge in [0, 0.05) is 13.0 Å². The van der Waals surface area contributed by atoms with Crippen molar-refractivity contribution in [3.63, 3.8) is 0 Å². The van der Waals surface area contributed by atoms with Crippen LogP contribution in [0.2, 0.25) is 0 Å². The zero-order valence-electron chi connectivity index (χ0n) is 18.2. The fraction of sp³-hybridized carbons (Fsp3) is 0.952. The zero-order valence-corrected chi connectivity index (χ0v) is 19.0. The third-order valence-electron chi connectivity index (χ3n) is 4.87. The van der Waals surface area contributed by atoms with Crippen LogP contribution in [0.1, 0.15) is 96.8 Å². The number of unbranched alkanes of at least 4 members (excludes halogenated alkanes) is 10. The molecule has 168 valence electrons. The fourth-order valence-corrected chi connectivity index (χ4v) is 3.65. The number of hydrogen-bond donors (Lipinski definition) is 1. The van der Waals surface area contributed by atoms with E-state index < -0.39 is 10.1 Å². The van der Waals surface area contributed by atoms with Crippen molar-refractivity contribution in [2.45, 2.75) is 96.8 Å². The minimum atomic E-state index is -3.87. The van der Waals surface area contributed by atoms with Crippen LogP contribution in [0, 0.1) is 0 Å². The molecule has 0 aliphatic heterocycles. The van der Waals surface area contributed by atoms with Crippen LogP contribution in [0.15, 0.2) is 0 Å². The number of carbonyl (C=O) groups is 1. The van der Waals surface area contributed by atoms with Gasteiger partial charge in [-0.2, -0.15) is 8.42 Å². The third kappa shape index (κ3) is 21.6. The van der Waals surface area contributed by atoms with E-state index in [1.54, 1.807) is 0 Å². The Labute approximate surface area is 173 Å². The van der Waals surface area contributed by atoms with Crippen molar-refractivity contribution in [2.24, 2.45) is 0 Å². The Hall–Kier alpha value is -0.660. The number of nitrogens with zero attached hydrogens (tertiary/aromatic N) is 1. The molecule has 1 N–H and O–H groups in total. The molecule has 0 amide bonds. The van der Waals surface area contributed by atoms with Crippen molar-refractivity contribution in [1.29, 1.82) is 0 Å². The minimum absolute atomic E-state index is 0.120. The zero-order chi connectivity index (χ0) is 21.1. The van der Waals surface area contributed by atoms with Crippen LogP contribution in [-0.2, 0) is 19.6 Å². The van der Waals surface area contributed by atoms with Crippen molar-refractivity contribution in [3.8, 4) is 0 Å². The molecule has 28 heavy (non-hydrogen) atoms. The molecular formula is C21H43NO5S. The van der Waals surface area contributed by atoms with Gasteiger partial charge in [0.15, 0.2) is 0 Å². The smallest absolute Gasteiger partial charge is 0.305 e. The summed E-state index contributed by atoms with van der Waals surface area (Å²) in [5.41, 5.74) is 0. The molecule has 0 saturated carbocycles. The van der Waals surface area contributed by atoms with Crippen LogP contribution in [0.5, 0.6) is 0 Å². The molecule has 0 fully saturated rings. The van der Waals surface area contributed by atoms with Crippen LogP contribution in [0.25, 0.3) is 0 Å². The summed E-state index contributed by atoms with van der Waals surface area (Å²) < 4.78 is 35.2. The lowest BCUT2D eigenvalue weighted by molar-refractivity contribution is -0.143. The maximum absolute atomic E-state index is 11.7. The van der Waals surface area contributed by atoms with Crippen LogP contribution >= 0.6 is 0 Å². The molecule has 0 unspecified atom stereocenters. The van der Waals surface area contributed by atoms with Gasteiger partial charge in [-0.15, -0.1) is 0 Å². The predicted molar refractivity (Wildman–Crippen MR) is 115 cm³/mol. The second kappa shape index (κ2) is 18.4. The molecule has 0 rings (SSSR count). The molecule has 0 aromatic heterocycles. The first-order valence-corrected chi connectivity index (χ1v) is 12.8. The molecule has 0 saturated heterocycles. The van der Waals surface area contributed by atoms with Gasteiger partial charge in [-0.25, -0.2) is 0 Å². The molecule has 0 aromatic carbocycles. The molecule has 0 aliphatic rings. The molecule has 7 heteroatoms. The van der Waals surface area contributed by atoms with E-state index in [1.165, 1.54) is 57.8 Å². The molecule has 0 bridgehead atoms. The average Bonchev–Trinajstić information content (AvgIpc) is 2.62. The van der Waals surface area contributed by atoms with E-state index in [4.69, 9.17) is 9.29 Å². The molecule has 0 atom stereocenters. The fourth-order valence-electron chi connectivity index (χ4n) is 3.15. The van der Waals surface area contributed by atoms with E-state index in [0.717, 1.165) is 25.8 Å². The summed E-state index contributed by atoms with van der Waals surface area (Å²) >= 11 is 0. The van der Waals surface area contributed by atoms with Crippen LogP contribution in [0.4, 0.5) is 0 Å². The lowest BCUT2D eigenvalue weighted by atomic mass is 10.1. The average molecular weight is 422 g/mol. The second-order valence-corrected chi connectivity index (χ2v) is 9.37. The Bertz CT molecular complexity index is 467. The summed E-state index contributed by atoms with van der Waals surface area (Å²) in [5, 5.41) is 0. The molecule has 0 radical (unpaired) electrons. The van der Waals surface area contributed by atoms with E-state index >= 15 is 0 Å². The first-order chi connectivity index (χ1) is 13.3. The van der Waals surface area contributed by atoms with Crippen molar-refractivity contribution in [1.82, 2.24) is 4.90 Å². The van der Waals surface area contributed by atoms with Gasteiger partial charge in [0.2, 0.25) is 0 Å². The number of ether oxygens (including phenoxy) is 1. The van der Waals surface area contributed by atoms with Gasteiger partial charge in [-0.05, 0) is 32.9 Å². The van der Waals surface area contributed by atoms with E-state index in [1.807, 2.05) is 11.9 Å². The lowest BCUT2D eigenvalue weighted by Gasteiger charge is -2.15. The number of rotatable bonds is 20. The first-order valence-electron chi connectivity index (χ1n) is 11.1. The van der Waals surface area contributed by atoms with Crippen molar-refractivity contribution in [3.05, 3.63) is 0 Å². The predicted octanol–water partition coefficient (Wildman–Crippen LogP) is 4.83. The number of esters is 1. The van der Waals surface area contributed by atoms with E-state index in [-0.39, 0.29) is 11.7 Å². The highest BCUT2D eigenvalue weighted by Crippen LogP contribution is 2.12. The van der Waals surface area contributed by atoms with Gasteiger partial charge in [0.25, 0.3) is 10.1 Å². The highest BCUT2D eigenvalue weighted by atomic mass is 32.2. The topological polar surface area (TPSA) is 83.9 Å². The molecule has 0 aromatic rings. The highest BCUT2D eigenvalue weighted by Gasteiger charge is 2.06. The van der Waals surface area contributed by atoms with Gasteiger partial charge in [-0.1, -0.05) is 71.1 Å². The van der Waals surface area contributed by atoms with Crippen LogP contribution < -0.4 is 0 Å². The van der Waals surface area contributed by atoms with Gasteiger partial charge in [0.1, 0.15) is 0 Å². The SMILES string of the molecule is CCCCCCCCCCCCCC(=O)OCCCN(C)CCCS(=O)(=O)O. The minimum Gasteiger partial charge on any atom is -0.466 e. The highest BCUT2D eigenvalue weighted by molar-refractivity contribution is 7.85. The van der Waals surface area contributed by atoms with Gasteiger partial charge in [0.05, 0.1) is 12.4 Å². The third-order valence-corrected chi connectivity index (χ3v) is 5.68. The summed E-state index contributed by atoms with van der Waals surface area (Å²) in [6.45, 7) is 3.97. The monoisotopic (exact) mass is 421 g/mol. The maximum atomic E-state index is 11.7. The number of hydrogen-bond acceptors (Lipinski definition) is 5. The summed E-state index contributed by atoms with van der Waals surface area (Å²) in [7, 11) is -1.99. The van der Waals surface area contributed by atoms with Gasteiger partial charge >= 0.3 is 5.97 Å². The standard InChI is InChI=1S/C21H43NO5S/c1-3-4-5-6-7-8-9-10-11-12-13-16-21(23)27-19-14-17-22(2)18-15-20-28(24,25)26/h3-20H2,1-2H3,(H,24,25,26). The summed E-state index contributed by atoms with van der Waals surface area (Å²) in [6, 6.07) is 0. The van der Waals surface area contributed by atoms with E-state index in [0.29, 0.717) is 26.0 Å². The lowest BCUT2D eigenvalue weighted by Crippen LogP contribution is -2.24. The molecule has 6 nitrogen and oxygen atoms in total. The Balaban J connectivity index is 3.35. The molecule has 0 aliphatic carbocycles. The first kappa shape index (κ1) is 27.3. The molecule has 0 heterocycles. The number of carbonyl (C=O) groups excluding carboxylic acids is 1. The van der Waals surface area contributed by atoms with Crippen molar-refractivity contribution in [2.75, 3.05) is 32.5 Å². The Morgan fingerprint density at radius 3 is 1.86 bits per heavy atom. The van der Waals surface area contributed by atoms with Crippen LogP contribution in [-0.4, -0.2) is 56.3 Å². The Kier molecular flexibility index (Phi) is 17.9. The Morgan fingerprint density at radius 2 is 1.32 bits per heavy atom. The summed E-state index contributed by atoms with van der Waals surface area (Å²) in [4.78, 5) is 13.7. The largest absolute Gasteiger partial charge is 0.466 e. The van der Waals surface area contributed by atoms with E-state index in [9.17, 15) is 13.2 Å². The summed E-state index contributed by atoms with van der Waals surface area (Å²) in [5.74, 6) is -0.337. The quantitative estimate of drug-likeness (QED) is 0.172. The van der Waals surface area contributed by atoms with E-state index in [2.05, 4.69) is 6.92 Å². The van der Waals surface area contributed by atoms with Crippen LogP contribution in [0.3, 0.4) is 0 Å². The second-order valence-electron chi connectivity index (χ2n) is 7.80. The maximum Gasteiger partial charge on any atom is 0.305 e. The Morgan fingerprint density at radius 1 is 0.821 bits per heavy atom. The van der Waals surface area contributed by atoms with Crippen molar-refractivity contribution >= 4 is 16.1 Å². The molecule has 0 spiro atoms. The summed E-state index contributed by atoms with van der Waals surface area (Å²) in [6.07, 6.45) is 15.6. The van der Waals surface area contributed by atoms with Crippen molar-refractivity contribution < 1.29 is 22.5 Å².